The molecule has 0 atom stereocenters. The first-order chi connectivity index (χ1) is 5.66. The molecule has 0 aromatic heterocycles. The van der Waals surface area contributed by atoms with Crippen molar-refractivity contribution in [3.63, 3.8) is 0 Å². The zero-order valence-electron chi connectivity index (χ0n) is 7.92. The van der Waals surface area contributed by atoms with E-state index in [0.29, 0.717) is 19.1 Å². The Morgan fingerprint density at radius 2 is 2.17 bits per heavy atom. The number of carbonyl (C=O) groups excluding carboxylic acids is 1. The molecule has 0 spiro atoms. The first-order valence-electron chi connectivity index (χ1n) is 4.06. The van der Waals surface area contributed by atoms with Gasteiger partial charge in [-0.05, 0) is 5.92 Å². The first kappa shape index (κ1) is 11.2. The molecule has 0 radical (unpaired) electrons. The summed E-state index contributed by atoms with van der Waals surface area (Å²) in [7, 11) is 1.34. The summed E-state index contributed by atoms with van der Waals surface area (Å²) < 4.78 is 9.59. The third-order valence-corrected chi connectivity index (χ3v) is 1.15. The molecule has 0 saturated heterocycles. The maximum atomic E-state index is 10.5. The zero-order chi connectivity index (χ0) is 9.40. The van der Waals surface area contributed by atoms with Crippen LogP contribution in [0.2, 0.25) is 0 Å². The molecule has 4 heteroatoms. The molecule has 0 heterocycles. The van der Waals surface area contributed by atoms with Crippen LogP contribution in [0.5, 0.6) is 0 Å². The second kappa shape index (κ2) is 6.91. The van der Waals surface area contributed by atoms with Crippen molar-refractivity contribution in [2.24, 2.45) is 5.92 Å². The summed E-state index contributed by atoms with van der Waals surface area (Å²) in [5.74, 6) is 0.531. The van der Waals surface area contributed by atoms with Crippen LogP contribution >= 0.6 is 0 Å². The maximum Gasteiger partial charge on any atom is 0.406 e. The monoisotopic (exact) mass is 175 g/mol. The van der Waals surface area contributed by atoms with E-state index >= 15 is 0 Å². The second-order valence-corrected chi connectivity index (χ2v) is 2.89. The molecule has 0 fully saturated rings. The van der Waals surface area contributed by atoms with E-state index < -0.39 is 6.09 Å². The van der Waals surface area contributed by atoms with Crippen LogP contribution in [0.25, 0.3) is 0 Å². The molecule has 1 N–H and O–H groups in total. The lowest BCUT2D eigenvalue weighted by Gasteiger charge is -2.06. The minimum absolute atomic E-state index is 0.414. The summed E-state index contributed by atoms with van der Waals surface area (Å²) in [5, 5.41) is 2.52. The molecule has 0 rings (SSSR count). The van der Waals surface area contributed by atoms with Crippen molar-refractivity contribution < 1.29 is 14.3 Å². The largest absolute Gasteiger partial charge is 0.453 e. The minimum atomic E-state index is -0.414. The molecular weight excluding hydrogens is 158 g/mol. The molecule has 0 aliphatic heterocycles. The number of alkyl carbamates (subject to hydrolysis) is 1. The second-order valence-electron chi connectivity index (χ2n) is 2.89. The standard InChI is InChI=1S/C8H17NO3/c1-7(2)6-12-5-4-9-8(10)11-3/h7H,4-6H2,1-3H3,(H,9,10). The molecule has 4 nitrogen and oxygen atoms in total. The van der Waals surface area contributed by atoms with Gasteiger partial charge in [0.2, 0.25) is 0 Å². The molecular formula is C8H17NO3. The van der Waals surface area contributed by atoms with Gasteiger partial charge in [-0.25, -0.2) is 4.79 Å². The number of carbonyl (C=O) groups is 1. The molecule has 12 heavy (non-hydrogen) atoms. The first-order valence-corrected chi connectivity index (χ1v) is 4.06. The van der Waals surface area contributed by atoms with Crippen molar-refractivity contribution in [3.05, 3.63) is 0 Å². The topological polar surface area (TPSA) is 47.6 Å². The van der Waals surface area contributed by atoms with Crippen LogP contribution in [0.15, 0.2) is 0 Å². The van der Waals surface area contributed by atoms with Crippen molar-refractivity contribution in [2.75, 3.05) is 26.9 Å². The van der Waals surface area contributed by atoms with Gasteiger partial charge in [0, 0.05) is 13.2 Å². The predicted molar refractivity (Wildman–Crippen MR) is 46.1 cm³/mol. The van der Waals surface area contributed by atoms with E-state index in [4.69, 9.17) is 4.74 Å². The molecule has 0 saturated carbocycles. The van der Waals surface area contributed by atoms with Gasteiger partial charge in [-0.2, -0.15) is 0 Å². The third-order valence-electron chi connectivity index (χ3n) is 1.15. The van der Waals surface area contributed by atoms with Crippen molar-refractivity contribution >= 4 is 6.09 Å². The summed E-state index contributed by atoms with van der Waals surface area (Å²) in [5.41, 5.74) is 0. The Balaban J connectivity index is 3.05. The van der Waals surface area contributed by atoms with Crippen LogP contribution in [0.1, 0.15) is 13.8 Å². The number of nitrogens with one attached hydrogen (secondary N) is 1. The quantitative estimate of drug-likeness (QED) is 0.634. The van der Waals surface area contributed by atoms with Gasteiger partial charge < -0.3 is 14.8 Å². The lowest BCUT2D eigenvalue weighted by atomic mass is 10.2. The summed E-state index contributed by atoms with van der Waals surface area (Å²) in [6.45, 7) is 5.91. The molecule has 0 aliphatic carbocycles. The molecule has 1 amide bonds. The van der Waals surface area contributed by atoms with Crippen LogP contribution in [0.3, 0.4) is 0 Å². The lowest BCUT2D eigenvalue weighted by molar-refractivity contribution is 0.108. The Morgan fingerprint density at radius 1 is 1.50 bits per heavy atom. The average molecular weight is 175 g/mol. The van der Waals surface area contributed by atoms with Crippen LogP contribution < -0.4 is 5.32 Å². The molecule has 0 aliphatic rings. The van der Waals surface area contributed by atoms with E-state index in [-0.39, 0.29) is 0 Å². The van der Waals surface area contributed by atoms with Crippen LogP contribution in [-0.4, -0.2) is 33.0 Å². The van der Waals surface area contributed by atoms with Gasteiger partial charge in [0.05, 0.1) is 13.7 Å². The van der Waals surface area contributed by atoms with Crippen molar-refractivity contribution in [2.45, 2.75) is 13.8 Å². The number of amides is 1. The van der Waals surface area contributed by atoms with E-state index in [1.54, 1.807) is 0 Å². The van der Waals surface area contributed by atoms with Gasteiger partial charge in [0.25, 0.3) is 0 Å². The van der Waals surface area contributed by atoms with Crippen molar-refractivity contribution in [3.8, 4) is 0 Å². The summed E-state index contributed by atoms with van der Waals surface area (Å²) in [6, 6.07) is 0. The Bertz CT molecular complexity index is 125. The number of rotatable bonds is 5. The van der Waals surface area contributed by atoms with E-state index in [2.05, 4.69) is 23.9 Å². The summed E-state index contributed by atoms with van der Waals surface area (Å²) in [6.07, 6.45) is -0.414. The van der Waals surface area contributed by atoms with Gasteiger partial charge in [0.15, 0.2) is 0 Å². The highest BCUT2D eigenvalue weighted by atomic mass is 16.5. The molecule has 0 unspecified atom stereocenters. The normalized spacial score (nSPS) is 10.0. The van der Waals surface area contributed by atoms with Crippen molar-refractivity contribution in [1.82, 2.24) is 5.32 Å². The van der Waals surface area contributed by atoms with Gasteiger partial charge >= 0.3 is 6.09 Å². The fourth-order valence-corrected chi connectivity index (χ4v) is 0.616. The third kappa shape index (κ3) is 7.34. The minimum Gasteiger partial charge on any atom is -0.453 e. The maximum absolute atomic E-state index is 10.5. The highest BCUT2D eigenvalue weighted by Crippen LogP contribution is 1.90. The van der Waals surface area contributed by atoms with E-state index in [1.165, 1.54) is 7.11 Å². The molecule has 72 valence electrons. The Hall–Kier alpha value is -0.770. The van der Waals surface area contributed by atoms with Gasteiger partial charge in [0.1, 0.15) is 0 Å². The highest BCUT2D eigenvalue weighted by molar-refractivity contribution is 5.66. The van der Waals surface area contributed by atoms with E-state index in [0.717, 1.165) is 6.61 Å². The van der Waals surface area contributed by atoms with Crippen LogP contribution in [0.4, 0.5) is 4.79 Å². The average Bonchev–Trinajstić information content (AvgIpc) is 2.03. The molecule has 0 bridgehead atoms. The number of hydrogen-bond donors (Lipinski definition) is 1. The van der Waals surface area contributed by atoms with Crippen LogP contribution in [-0.2, 0) is 9.47 Å². The molecule has 0 aromatic rings. The fraction of sp³-hybridized carbons (Fsp3) is 0.875. The summed E-state index contributed by atoms with van der Waals surface area (Å²) in [4.78, 5) is 10.5. The zero-order valence-corrected chi connectivity index (χ0v) is 7.92. The number of methoxy groups -OCH3 is 1. The van der Waals surface area contributed by atoms with E-state index in [9.17, 15) is 4.79 Å². The smallest absolute Gasteiger partial charge is 0.406 e. The number of ether oxygens (including phenoxy) is 2. The Labute approximate surface area is 73.2 Å². The SMILES string of the molecule is COC(=O)NCCOCC(C)C. The van der Waals surface area contributed by atoms with Gasteiger partial charge in [-0.1, -0.05) is 13.8 Å². The summed E-state index contributed by atoms with van der Waals surface area (Å²) >= 11 is 0. The Kier molecular flexibility index (Phi) is 6.47. The van der Waals surface area contributed by atoms with Gasteiger partial charge in [-0.3, -0.25) is 0 Å². The fourth-order valence-electron chi connectivity index (χ4n) is 0.616. The van der Waals surface area contributed by atoms with Crippen LogP contribution in [0, 0.1) is 5.92 Å². The Morgan fingerprint density at radius 3 is 2.67 bits per heavy atom. The van der Waals surface area contributed by atoms with Gasteiger partial charge in [-0.15, -0.1) is 0 Å². The van der Waals surface area contributed by atoms with Crippen molar-refractivity contribution in [1.29, 1.82) is 0 Å². The lowest BCUT2D eigenvalue weighted by Crippen LogP contribution is -2.27. The highest BCUT2D eigenvalue weighted by Gasteiger charge is 1.97. The predicted octanol–water partition coefficient (Wildman–Crippen LogP) is 1.01. The van der Waals surface area contributed by atoms with E-state index in [1.807, 2.05) is 0 Å². The molecule has 0 aromatic carbocycles. The number of hydrogen-bond acceptors (Lipinski definition) is 3.